The van der Waals surface area contributed by atoms with Gasteiger partial charge in [-0.1, -0.05) is 28.9 Å². The molecule has 1 aliphatic rings. The first-order chi connectivity index (χ1) is 8.81. The highest BCUT2D eigenvalue weighted by atomic mass is 35.5. The monoisotopic (exact) mass is 263 g/mol. The number of halogens is 1. The van der Waals surface area contributed by atoms with E-state index in [9.17, 15) is 0 Å². The van der Waals surface area contributed by atoms with Crippen molar-refractivity contribution in [1.82, 2.24) is 15.5 Å². The van der Waals surface area contributed by atoms with E-state index in [4.69, 9.17) is 16.1 Å². The predicted octanol–water partition coefficient (Wildman–Crippen LogP) is 2.39. The molecule has 0 saturated carbocycles. The van der Waals surface area contributed by atoms with Gasteiger partial charge >= 0.3 is 0 Å². The van der Waals surface area contributed by atoms with Gasteiger partial charge in [0.25, 0.3) is 0 Å². The molecule has 1 aliphatic heterocycles. The van der Waals surface area contributed by atoms with Crippen molar-refractivity contribution in [2.45, 2.75) is 18.8 Å². The van der Waals surface area contributed by atoms with Crippen molar-refractivity contribution in [3.05, 3.63) is 46.6 Å². The Morgan fingerprint density at radius 2 is 2.17 bits per heavy atom. The fourth-order valence-electron chi connectivity index (χ4n) is 2.16. The molecule has 0 bridgehead atoms. The standard InChI is InChI=1S/C13H14ClN3O/c14-11-3-1-9(2-4-11)7-12-16-13(18-17-12)10-5-6-15-8-10/h1-4,10,15H,5-8H2/t10-/m1/s1. The van der Waals surface area contributed by atoms with Gasteiger partial charge < -0.3 is 9.84 Å². The lowest BCUT2D eigenvalue weighted by atomic mass is 10.1. The molecule has 0 spiro atoms. The van der Waals surface area contributed by atoms with Crippen LogP contribution < -0.4 is 5.32 Å². The smallest absolute Gasteiger partial charge is 0.231 e. The average molecular weight is 264 g/mol. The first kappa shape index (κ1) is 11.7. The highest BCUT2D eigenvalue weighted by Crippen LogP contribution is 2.21. The molecule has 2 heterocycles. The third kappa shape index (κ3) is 2.54. The number of nitrogens with one attached hydrogen (secondary N) is 1. The van der Waals surface area contributed by atoms with E-state index in [1.54, 1.807) is 0 Å². The molecule has 4 nitrogen and oxygen atoms in total. The molecular weight excluding hydrogens is 250 g/mol. The van der Waals surface area contributed by atoms with Crippen LogP contribution in [-0.4, -0.2) is 23.2 Å². The van der Waals surface area contributed by atoms with Gasteiger partial charge in [-0.15, -0.1) is 0 Å². The van der Waals surface area contributed by atoms with E-state index in [-0.39, 0.29) is 0 Å². The molecule has 1 aromatic heterocycles. The molecule has 0 radical (unpaired) electrons. The summed E-state index contributed by atoms with van der Waals surface area (Å²) < 4.78 is 5.32. The summed E-state index contributed by atoms with van der Waals surface area (Å²) in [6.07, 6.45) is 1.75. The Hall–Kier alpha value is -1.39. The molecule has 0 aliphatic carbocycles. The SMILES string of the molecule is Clc1ccc(Cc2noc([C@@H]3CCNC3)n2)cc1. The number of rotatable bonds is 3. The Balaban J connectivity index is 1.71. The number of hydrogen-bond donors (Lipinski definition) is 1. The van der Waals surface area contributed by atoms with Crippen molar-refractivity contribution in [1.29, 1.82) is 0 Å². The average Bonchev–Trinajstić information content (AvgIpc) is 3.02. The largest absolute Gasteiger partial charge is 0.339 e. The van der Waals surface area contributed by atoms with Crippen molar-refractivity contribution in [2.75, 3.05) is 13.1 Å². The molecule has 94 valence electrons. The van der Waals surface area contributed by atoms with Crippen molar-refractivity contribution in [3.63, 3.8) is 0 Å². The zero-order chi connectivity index (χ0) is 12.4. The molecule has 0 amide bonds. The molecule has 2 aromatic rings. The Morgan fingerprint density at radius 1 is 1.33 bits per heavy atom. The van der Waals surface area contributed by atoms with Gasteiger partial charge in [-0.2, -0.15) is 4.98 Å². The second kappa shape index (κ2) is 5.08. The highest BCUT2D eigenvalue weighted by molar-refractivity contribution is 6.30. The van der Waals surface area contributed by atoms with Gasteiger partial charge in [0.1, 0.15) is 0 Å². The van der Waals surface area contributed by atoms with Crippen molar-refractivity contribution in [3.8, 4) is 0 Å². The lowest BCUT2D eigenvalue weighted by Gasteiger charge is -1.99. The van der Waals surface area contributed by atoms with Crippen LogP contribution >= 0.6 is 11.6 Å². The summed E-state index contributed by atoms with van der Waals surface area (Å²) in [5.41, 5.74) is 1.14. The minimum atomic E-state index is 0.372. The molecule has 0 unspecified atom stereocenters. The topological polar surface area (TPSA) is 51.0 Å². The Morgan fingerprint density at radius 3 is 2.89 bits per heavy atom. The van der Waals surface area contributed by atoms with Crippen LogP contribution in [0.2, 0.25) is 5.02 Å². The third-order valence-corrected chi connectivity index (χ3v) is 3.42. The Labute approximate surface area is 110 Å². The first-order valence-corrected chi connectivity index (χ1v) is 6.47. The van der Waals surface area contributed by atoms with Crippen LogP contribution in [0.1, 0.15) is 29.6 Å². The van der Waals surface area contributed by atoms with Crippen LogP contribution in [0.4, 0.5) is 0 Å². The predicted molar refractivity (Wildman–Crippen MR) is 68.8 cm³/mol. The molecule has 18 heavy (non-hydrogen) atoms. The van der Waals surface area contributed by atoms with Crippen LogP contribution in [-0.2, 0) is 6.42 Å². The summed E-state index contributed by atoms with van der Waals surface area (Å²) in [6, 6.07) is 7.71. The van der Waals surface area contributed by atoms with Crippen LogP contribution in [0.3, 0.4) is 0 Å². The zero-order valence-electron chi connectivity index (χ0n) is 9.90. The lowest BCUT2D eigenvalue weighted by Crippen LogP contribution is -2.08. The van der Waals surface area contributed by atoms with E-state index in [2.05, 4.69) is 15.5 Å². The maximum Gasteiger partial charge on any atom is 0.231 e. The van der Waals surface area contributed by atoms with Crippen LogP contribution in [0, 0.1) is 0 Å². The zero-order valence-corrected chi connectivity index (χ0v) is 10.7. The Bertz CT molecular complexity index is 517. The molecule has 1 N–H and O–H groups in total. The summed E-state index contributed by atoms with van der Waals surface area (Å²) in [5, 5.41) is 8.07. The molecule has 1 atom stereocenters. The summed E-state index contributed by atoms with van der Waals surface area (Å²) in [6.45, 7) is 1.96. The van der Waals surface area contributed by atoms with Gasteiger partial charge in [0.2, 0.25) is 5.89 Å². The number of hydrogen-bond acceptors (Lipinski definition) is 4. The number of nitrogens with zero attached hydrogens (tertiary/aromatic N) is 2. The quantitative estimate of drug-likeness (QED) is 0.924. The van der Waals surface area contributed by atoms with Gasteiger partial charge in [0.15, 0.2) is 5.82 Å². The van der Waals surface area contributed by atoms with E-state index in [0.717, 1.165) is 41.8 Å². The normalized spacial score (nSPS) is 19.3. The molecule has 1 aromatic carbocycles. The van der Waals surface area contributed by atoms with E-state index in [1.807, 2.05) is 24.3 Å². The van der Waals surface area contributed by atoms with E-state index >= 15 is 0 Å². The summed E-state index contributed by atoms with van der Waals surface area (Å²) in [7, 11) is 0. The number of aromatic nitrogens is 2. The number of benzene rings is 1. The maximum atomic E-state index is 5.85. The second-order valence-corrected chi connectivity index (χ2v) is 4.98. The molecule has 3 rings (SSSR count). The van der Waals surface area contributed by atoms with E-state index < -0.39 is 0 Å². The summed E-state index contributed by atoms with van der Waals surface area (Å²) in [5.74, 6) is 1.86. The highest BCUT2D eigenvalue weighted by Gasteiger charge is 2.22. The minimum Gasteiger partial charge on any atom is -0.339 e. The van der Waals surface area contributed by atoms with Gasteiger partial charge in [0.05, 0.1) is 5.92 Å². The van der Waals surface area contributed by atoms with Gasteiger partial charge in [0, 0.05) is 18.0 Å². The Kier molecular flexibility index (Phi) is 3.30. The minimum absolute atomic E-state index is 0.372. The fourth-order valence-corrected chi connectivity index (χ4v) is 2.28. The molecule has 1 saturated heterocycles. The fraction of sp³-hybridized carbons (Fsp3) is 0.385. The molecular formula is C13H14ClN3O. The van der Waals surface area contributed by atoms with Crippen molar-refractivity contribution < 1.29 is 4.52 Å². The first-order valence-electron chi connectivity index (χ1n) is 6.09. The van der Waals surface area contributed by atoms with Gasteiger partial charge in [-0.25, -0.2) is 0 Å². The summed E-state index contributed by atoms with van der Waals surface area (Å²) >= 11 is 5.85. The van der Waals surface area contributed by atoms with Crippen LogP contribution in [0.5, 0.6) is 0 Å². The second-order valence-electron chi connectivity index (χ2n) is 4.54. The van der Waals surface area contributed by atoms with Crippen LogP contribution in [0.25, 0.3) is 0 Å². The molecule has 1 fully saturated rings. The van der Waals surface area contributed by atoms with Gasteiger partial charge in [-0.05, 0) is 30.7 Å². The third-order valence-electron chi connectivity index (χ3n) is 3.17. The molecule has 5 heteroatoms. The maximum absolute atomic E-state index is 5.85. The van der Waals surface area contributed by atoms with E-state index in [0.29, 0.717) is 12.3 Å². The van der Waals surface area contributed by atoms with Gasteiger partial charge in [-0.3, -0.25) is 0 Å². The van der Waals surface area contributed by atoms with E-state index in [1.165, 1.54) is 0 Å². The van der Waals surface area contributed by atoms with Crippen molar-refractivity contribution >= 4 is 11.6 Å². The van der Waals surface area contributed by atoms with Crippen molar-refractivity contribution in [2.24, 2.45) is 0 Å². The lowest BCUT2D eigenvalue weighted by molar-refractivity contribution is 0.355. The summed E-state index contributed by atoms with van der Waals surface area (Å²) in [4.78, 5) is 4.46. The van der Waals surface area contributed by atoms with Crippen LogP contribution in [0.15, 0.2) is 28.8 Å².